The van der Waals surface area contributed by atoms with Gasteiger partial charge < -0.3 is 9.52 Å². The van der Waals surface area contributed by atoms with Crippen molar-refractivity contribution in [1.29, 1.82) is 0 Å². The first-order valence-corrected chi connectivity index (χ1v) is 9.39. The second kappa shape index (κ2) is 7.82. The van der Waals surface area contributed by atoms with E-state index in [1.54, 1.807) is 13.0 Å². The van der Waals surface area contributed by atoms with Gasteiger partial charge in [-0.25, -0.2) is 9.59 Å². The van der Waals surface area contributed by atoms with Crippen LogP contribution in [0.1, 0.15) is 44.5 Å². The van der Waals surface area contributed by atoms with Gasteiger partial charge in [-0.05, 0) is 37.1 Å². The summed E-state index contributed by atoms with van der Waals surface area (Å²) in [7, 11) is 0. The maximum absolute atomic E-state index is 12.6. The monoisotopic (exact) mass is 424 g/mol. The Morgan fingerprint density at radius 2 is 1.83 bits per heavy atom. The molecule has 0 saturated heterocycles. The van der Waals surface area contributed by atoms with Crippen LogP contribution in [-0.4, -0.2) is 16.9 Å². The average molecular weight is 424 g/mol. The van der Waals surface area contributed by atoms with Crippen molar-refractivity contribution in [2.24, 2.45) is 5.92 Å². The highest BCUT2D eigenvalue weighted by Gasteiger charge is 2.30. The molecular formula is C20H15F3O5S. The first-order valence-electron chi connectivity index (χ1n) is 8.57. The van der Waals surface area contributed by atoms with Gasteiger partial charge in [0.2, 0.25) is 0 Å². The average Bonchev–Trinajstić information content (AvgIpc) is 3.05. The third-order valence-corrected chi connectivity index (χ3v) is 5.60. The maximum atomic E-state index is 12.6. The number of thiophene rings is 1. The number of carboxylic acid groups (broad SMARTS) is 1. The lowest BCUT2D eigenvalue weighted by molar-refractivity contribution is -0.137. The summed E-state index contributed by atoms with van der Waals surface area (Å²) in [5.41, 5.74) is -1.70. The molecule has 3 rings (SSSR count). The lowest BCUT2D eigenvalue weighted by atomic mass is 9.94. The van der Waals surface area contributed by atoms with E-state index in [2.05, 4.69) is 0 Å². The number of carboxylic acids is 1. The van der Waals surface area contributed by atoms with Crippen molar-refractivity contribution in [2.75, 3.05) is 0 Å². The van der Waals surface area contributed by atoms with Crippen LogP contribution in [0.25, 0.3) is 10.3 Å². The van der Waals surface area contributed by atoms with E-state index < -0.39 is 34.8 Å². The van der Waals surface area contributed by atoms with E-state index in [0.29, 0.717) is 17.5 Å². The number of carbonyl (C=O) groups is 2. The number of Topliss-reactive ketones (excluding diaryl/α,β-unsaturated/α-hetero) is 1. The van der Waals surface area contributed by atoms with Crippen LogP contribution < -0.4 is 5.63 Å². The molecule has 0 bridgehead atoms. The van der Waals surface area contributed by atoms with Crippen LogP contribution in [-0.2, 0) is 12.6 Å². The molecule has 2 heterocycles. The minimum atomic E-state index is -4.45. The minimum absolute atomic E-state index is 0.207. The quantitative estimate of drug-likeness (QED) is 0.562. The fraction of sp³-hybridized carbons (Fsp3) is 0.250. The topological polar surface area (TPSA) is 84.6 Å². The molecule has 9 heteroatoms. The highest BCUT2D eigenvalue weighted by Crippen LogP contribution is 2.30. The summed E-state index contributed by atoms with van der Waals surface area (Å²) in [6, 6.07) is 6.99. The van der Waals surface area contributed by atoms with Crippen molar-refractivity contribution >= 4 is 33.4 Å². The Morgan fingerprint density at radius 1 is 1.17 bits per heavy atom. The van der Waals surface area contributed by atoms with Gasteiger partial charge in [-0.15, -0.1) is 11.3 Å². The van der Waals surface area contributed by atoms with Gasteiger partial charge in [0.05, 0.1) is 10.3 Å². The SMILES string of the molecule is CC(CCc1cc2oc(=O)c(C(=O)O)cc2s1)C(=O)c1ccc(C(F)(F)F)cc1. The minimum Gasteiger partial charge on any atom is -0.477 e. The predicted octanol–water partition coefficient (Wildman–Crippen LogP) is 5.02. The van der Waals surface area contributed by atoms with Crippen molar-refractivity contribution in [3.05, 3.63) is 68.4 Å². The lowest BCUT2D eigenvalue weighted by Crippen LogP contribution is -2.13. The molecule has 0 aliphatic rings. The number of hydrogen-bond donors (Lipinski definition) is 1. The van der Waals surface area contributed by atoms with E-state index in [9.17, 15) is 27.6 Å². The molecule has 152 valence electrons. The van der Waals surface area contributed by atoms with Crippen molar-refractivity contribution in [3.63, 3.8) is 0 Å². The lowest BCUT2D eigenvalue weighted by Gasteiger charge is -2.11. The summed E-state index contributed by atoms with van der Waals surface area (Å²) in [6.45, 7) is 1.69. The zero-order chi connectivity index (χ0) is 21.3. The number of alkyl halides is 3. The largest absolute Gasteiger partial charge is 0.477 e. The molecule has 2 aromatic heterocycles. The predicted molar refractivity (Wildman–Crippen MR) is 101 cm³/mol. The summed E-state index contributed by atoms with van der Waals surface area (Å²) >= 11 is 1.26. The zero-order valence-corrected chi connectivity index (χ0v) is 15.9. The van der Waals surface area contributed by atoms with Gasteiger partial charge in [0.25, 0.3) is 0 Å². The van der Waals surface area contributed by atoms with Gasteiger partial charge in [-0.3, -0.25) is 4.79 Å². The number of rotatable bonds is 6. The van der Waals surface area contributed by atoms with Gasteiger partial charge in [-0.2, -0.15) is 13.2 Å². The summed E-state index contributed by atoms with van der Waals surface area (Å²) < 4.78 is 43.4. The molecule has 1 aromatic carbocycles. The number of hydrogen-bond acceptors (Lipinski definition) is 5. The molecule has 1 unspecified atom stereocenters. The second-order valence-electron chi connectivity index (χ2n) is 6.57. The Kier molecular flexibility index (Phi) is 5.61. The fourth-order valence-electron chi connectivity index (χ4n) is 2.83. The smallest absolute Gasteiger partial charge is 0.416 e. The molecule has 0 aliphatic carbocycles. The fourth-order valence-corrected chi connectivity index (χ4v) is 3.88. The third kappa shape index (κ3) is 4.56. The summed E-state index contributed by atoms with van der Waals surface area (Å²) in [5.74, 6) is -2.07. The zero-order valence-electron chi connectivity index (χ0n) is 15.1. The van der Waals surface area contributed by atoms with E-state index in [4.69, 9.17) is 9.52 Å². The highest BCUT2D eigenvalue weighted by molar-refractivity contribution is 7.18. The Labute approximate surface area is 166 Å². The number of fused-ring (bicyclic) bond motifs is 1. The second-order valence-corrected chi connectivity index (χ2v) is 7.74. The normalized spacial score (nSPS) is 12.8. The number of aryl methyl sites for hydroxylation is 1. The number of aromatic carboxylic acids is 1. The van der Waals surface area contributed by atoms with Crippen LogP contribution in [0.15, 0.2) is 45.6 Å². The summed E-state index contributed by atoms with van der Waals surface area (Å²) in [6.07, 6.45) is -3.55. The van der Waals surface area contributed by atoms with Crippen LogP contribution in [0.3, 0.4) is 0 Å². The summed E-state index contributed by atoms with van der Waals surface area (Å²) in [4.78, 5) is 35.9. The Bertz CT molecular complexity index is 1130. The molecule has 0 spiro atoms. The van der Waals surface area contributed by atoms with Gasteiger partial charge in [0.15, 0.2) is 5.78 Å². The standard InChI is InChI=1S/C20H15F3O5S/c1-10(17(24)11-3-5-12(6-4-11)20(21,22)23)2-7-13-8-15-16(29-13)9-14(18(25)26)19(27)28-15/h3-6,8-10H,2,7H2,1H3,(H,25,26). The van der Waals surface area contributed by atoms with E-state index in [1.165, 1.54) is 29.5 Å². The van der Waals surface area contributed by atoms with Crippen molar-refractivity contribution in [2.45, 2.75) is 25.9 Å². The molecule has 0 radical (unpaired) electrons. The molecule has 0 amide bonds. The molecular weight excluding hydrogens is 409 g/mol. The number of halogens is 3. The molecule has 0 aliphatic heterocycles. The number of ketones is 1. The van der Waals surface area contributed by atoms with Crippen molar-refractivity contribution in [1.82, 2.24) is 0 Å². The Morgan fingerprint density at radius 3 is 2.41 bits per heavy atom. The first kappa shape index (κ1) is 20.8. The Balaban J connectivity index is 1.70. The van der Waals surface area contributed by atoms with E-state index in [-0.39, 0.29) is 16.9 Å². The van der Waals surface area contributed by atoms with E-state index in [1.807, 2.05) is 0 Å². The molecule has 0 saturated carbocycles. The van der Waals surface area contributed by atoms with Crippen LogP contribution in [0.5, 0.6) is 0 Å². The highest BCUT2D eigenvalue weighted by atomic mass is 32.1. The van der Waals surface area contributed by atoms with E-state index >= 15 is 0 Å². The number of carbonyl (C=O) groups excluding carboxylic acids is 1. The van der Waals surface area contributed by atoms with Gasteiger partial charge in [0.1, 0.15) is 11.1 Å². The molecule has 5 nitrogen and oxygen atoms in total. The third-order valence-electron chi connectivity index (χ3n) is 4.47. The van der Waals surface area contributed by atoms with Gasteiger partial charge >= 0.3 is 17.8 Å². The number of benzene rings is 1. The van der Waals surface area contributed by atoms with Gasteiger partial charge in [-0.1, -0.05) is 19.1 Å². The molecule has 3 aromatic rings. The van der Waals surface area contributed by atoms with Crippen molar-refractivity contribution in [3.8, 4) is 0 Å². The van der Waals surface area contributed by atoms with Crippen LogP contribution >= 0.6 is 11.3 Å². The van der Waals surface area contributed by atoms with Crippen LogP contribution in [0, 0.1) is 5.92 Å². The Hall–Kier alpha value is -2.94. The maximum Gasteiger partial charge on any atom is 0.416 e. The van der Waals surface area contributed by atoms with Gasteiger partial charge in [0, 0.05) is 16.4 Å². The van der Waals surface area contributed by atoms with Crippen molar-refractivity contribution < 1.29 is 32.3 Å². The molecule has 1 atom stereocenters. The van der Waals surface area contributed by atoms with Crippen LogP contribution in [0.4, 0.5) is 13.2 Å². The molecule has 0 fully saturated rings. The first-order chi connectivity index (χ1) is 13.6. The van der Waals surface area contributed by atoms with E-state index in [0.717, 1.165) is 17.0 Å². The molecule has 1 N–H and O–H groups in total. The summed E-state index contributed by atoms with van der Waals surface area (Å²) in [5, 5.41) is 8.98. The molecule has 29 heavy (non-hydrogen) atoms. The van der Waals surface area contributed by atoms with Crippen LogP contribution in [0.2, 0.25) is 0 Å².